The summed E-state index contributed by atoms with van der Waals surface area (Å²) < 4.78 is 0. The van der Waals surface area contributed by atoms with Crippen LogP contribution in [0, 0.1) is 24.7 Å². The van der Waals surface area contributed by atoms with E-state index in [1.54, 1.807) is 0 Å². The number of aryl methyl sites for hydroxylation is 1. The van der Waals surface area contributed by atoms with Gasteiger partial charge in [-0.05, 0) is 68.1 Å². The highest BCUT2D eigenvalue weighted by atomic mass is 14.9. The molecule has 2 aliphatic carbocycles. The first-order valence-electron chi connectivity index (χ1n) is 6.84. The van der Waals surface area contributed by atoms with E-state index in [0.717, 1.165) is 35.5 Å². The maximum absolute atomic E-state index is 5.93. The molecule has 1 aromatic carbocycles. The molecule has 3 rings (SSSR count). The Balaban J connectivity index is 1.60. The van der Waals surface area contributed by atoms with Crippen molar-refractivity contribution in [2.45, 2.75) is 32.6 Å². The maximum Gasteiger partial charge on any atom is 0.0364 e. The van der Waals surface area contributed by atoms with Crippen LogP contribution in [0.15, 0.2) is 18.2 Å². The predicted octanol–water partition coefficient (Wildman–Crippen LogP) is 3.43. The van der Waals surface area contributed by atoms with Gasteiger partial charge in [0.05, 0.1) is 0 Å². The SMILES string of the molecule is Cc1ccc(NCC(C2CC2)C2CC2)cc1N. The van der Waals surface area contributed by atoms with Crippen LogP contribution in [0.2, 0.25) is 0 Å². The van der Waals surface area contributed by atoms with Crippen LogP contribution in [-0.4, -0.2) is 6.54 Å². The molecule has 0 saturated heterocycles. The Morgan fingerprint density at radius 1 is 1.24 bits per heavy atom. The van der Waals surface area contributed by atoms with Crippen LogP contribution >= 0.6 is 0 Å². The molecule has 92 valence electrons. The van der Waals surface area contributed by atoms with Gasteiger partial charge in [0.15, 0.2) is 0 Å². The summed E-state index contributed by atoms with van der Waals surface area (Å²) in [6, 6.07) is 6.30. The summed E-state index contributed by atoms with van der Waals surface area (Å²) >= 11 is 0. The molecule has 17 heavy (non-hydrogen) atoms. The van der Waals surface area contributed by atoms with Crippen molar-refractivity contribution in [1.82, 2.24) is 0 Å². The Hall–Kier alpha value is -1.18. The van der Waals surface area contributed by atoms with Crippen LogP contribution in [0.25, 0.3) is 0 Å². The Labute approximate surface area is 104 Å². The Morgan fingerprint density at radius 3 is 2.41 bits per heavy atom. The van der Waals surface area contributed by atoms with Gasteiger partial charge in [-0.15, -0.1) is 0 Å². The molecular weight excluding hydrogens is 208 g/mol. The Kier molecular flexibility index (Phi) is 2.73. The summed E-state index contributed by atoms with van der Waals surface area (Å²) in [5.41, 5.74) is 9.17. The molecule has 0 aliphatic heterocycles. The van der Waals surface area contributed by atoms with Gasteiger partial charge in [-0.3, -0.25) is 0 Å². The molecule has 0 unspecified atom stereocenters. The molecule has 0 radical (unpaired) electrons. The molecular formula is C15H22N2. The van der Waals surface area contributed by atoms with E-state index in [1.165, 1.54) is 31.4 Å². The number of anilines is 2. The first-order valence-corrected chi connectivity index (χ1v) is 6.84. The number of nitrogens with one attached hydrogen (secondary N) is 1. The van der Waals surface area contributed by atoms with E-state index in [-0.39, 0.29) is 0 Å². The molecule has 0 heterocycles. The quantitative estimate of drug-likeness (QED) is 0.761. The molecule has 0 atom stereocenters. The number of nitrogen functional groups attached to an aromatic ring is 1. The number of benzene rings is 1. The molecule has 0 amide bonds. The monoisotopic (exact) mass is 230 g/mol. The Bertz CT molecular complexity index is 393. The normalized spacial score (nSPS) is 19.6. The molecule has 1 aromatic rings. The third-order valence-electron chi connectivity index (χ3n) is 4.28. The predicted molar refractivity (Wildman–Crippen MR) is 73.0 cm³/mol. The smallest absolute Gasteiger partial charge is 0.0364 e. The highest BCUT2D eigenvalue weighted by Crippen LogP contribution is 2.49. The fraction of sp³-hybridized carbons (Fsp3) is 0.600. The first kappa shape index (κ1) is 10.9. The second kappa shape index (κ2) is 4.25. The average molecular weight is 230 g/mol. The van der Waals surface area contributed by atoms with Crippen LogP contribution < -0.4 is 11.1 Å². The van der Waals surface area contributed by atoms with Crippen LogP contribution in [0.4, 0.5) is 11.4 Å². The minimum Gasteiger partial charge on any atom is -0.398 e. The van der Waals surface area contributed by atoms with Gasteiger partial charge >= 0.3 is 0 Å². The lowest BCUT2D eigenvalue weighted by Gasteiger charge is -2.17. The lowest BCUT2D eigenvalue weighted by atomic mass is 9.98. The van der Waals surface area contributed by atoms with Crippen LogP contribution in [0.5, 0.6) is 0 Å². The summed E-state index contributed by atoms with van der Waals surface area (Å²) in [7, 11) is 0. The van der Waals surface area contributed by atoms with Crippen molar-refractivity contribution in [2.24, 2.45) is 17.8 Å². The summed E-state index contributed by atoms with van der Waals surface area (Å²) in [5, 5.41) is 3.58. The van der Waals surface area contributed by atoms with Gasteiger partial charge < -0.3 is 11.1 Å². The standard InChI is InChI=1S/C15H22N2/c1-10-2-7-13(8-15(10)16)17-9-14(11-3-4-11)12-5-6-12/h2,7-8,11-12,14,17H,3-6,9,16H2,1H3. The minimum absolute atomic E-state index is 0.893. The third kappa shape index (κ3) is 2.56. The van der Waals surface area contributed by atoms with E-state index in [9.17, 15) is 0 Å². The fourth-order valence-corrected chi connectivity index (χ4v) is 2.75. The molecule has 2 saturated carbocycles. The highest BCUT2D eigenvalue weighted by Gasteiger charge is 2.40. The minimum atomic E-state index is 0.893. The van der Waals surface area contributed by atoms with E-state index in [4.69, 9.17) is 5.73 Å². The zero-order chi connectivity index (χ0) is 11.8. The van der Waals surface area contributed by atoms with Crippen molar-refractivity contribution in [2.75, 3.05) is 17.6 Å². The van der Waals surface area contributed by atoms with Crippen molar-refractivity contribution in [3.63, 3.8) is 0 Å². The van der Waals surface area contributed by atoms with Crippen molar-refractivity contribution in [3.05, 3.63) is 23.8 Å². The molecule has 2 nitrogen and oxygen atoms in total. The van der Waals surface area contributed by atoms with Gasteiger partial charge in [0.1, 0.15) is 0 Å². The molecule has 2 aliphatic rings. The van der Waals surface area contributed by atoms with Gasteiger partial charge in [-0.1, -0.05) is 6.07 Å². The number of nitrogens with two attached hydrogens (primary N) is 1. The lowest BCUT2D eigenvalue weighted by molar-refractivity contribution is 0.428. The average Bonchev–Trinajstić information content (AvgIpc) is 3.14. The molecule has 2 heteroatoms. The van der Waals surface area contributed by atoms with E-state index in [2.05, 4.69) is 30.4 Å². The van der Waals surface area contributed by atoms with Crippen molar-refractivity contribution in [1.29, 1.82) is 0 Å². The van der Waals surface area contributed by atoms with Gasteiger partial charge in [0.25, 0.3) is 0 Å². The van der Waals surface area contributed by atoms with Crippen molar-refractivity contribution >= 4 is 11.4 Å². The van der Waals surface area contributed by atoms with Gasteiger partial charge in [0.2, 0.25) is 0 Å². The number of hydrogen-bond acceptors (Lipinski definition) is 2. The van der Waals surface area contributed by atoms with Crippen molar-refractivity contribution < 1.29 is 0 Å². The molecule has 2 fully saturated rings. The van der Waals surface area contributed by atoms with E-state index < -0.39 is 0 Å². The van der Waals surface area contributed by atoms with E-state index in [0.29, 0.717) is 0 Å². The third-order valence-corrected chi connectivity index (χ3v) is 4.28. The lowest BCUT2D eigenvalue weighted by Crippen LogP contribution is -2.18. The largest absolute Gasteiger partial charge is 0.398 e. The second-order valence-corrected chi connectivity index (χ2v) is 5.79. The highest BCUT2D eigenvalue weighted by molar-refractivity contribution is 5.58. The molecule has 0 aromatic heterocycles. The van der Waals surface area contributed by atoms with Crippen molar-refractivity contribution in [3.8, 4) is 0 Å². The summed E-state index contributed by atoms with van der Waals surface area (Å²) in [6.45, 7) is 3.19. The molecule has 3 N–H and O–H groups in total. The van der Waals surface area contributed by atoms with E-state index in [1.807, 2.05) is 0 Å². The zero-order valence-electron chi connectivity index (χ0n) is 10.6. The van der Waals surface area contributed by atoms with Crippen LogP contribution in [0.1, 0.15) is 31.2 Å². The van der Waals surface area contributed by atoms with E-state index >= 15 is 0 Å². The Morgan fingerprint density at radius 2 is 1.88 bits per heavy atom. The summed E-state index contributed by atoms with van der Waals surface area (Å²) in [4.78, 5) is 0. The second-order valence-electron chi connectivity index (χ2n) is 5.79. The summed E-state index contributed by atoms with van der Waals surface area (Å²) in [5.74, 6) is 2.94. The summed E-state index contributed by atoms with van der Waals surface area (Å²) in [6.07, 6.45) is 5.83. The van der Waals surface area contributed by atoms with Crippen LogP contribution in [-0.2, 0) is 0 Å². The number of hydrogen-bond donors (Lipinski definition) is 2. The van der Waals surface area contributed by atoms with Gasteiger partial charge in [0, 0.05) is 17.9 Å². The van der Waals surface area contributed by atoms with Crippen LogP contribution in [0.3, 0.4) is 0 Å². The fourth-order valence-electron chi connectivity index (χ4n) is 2.75. The molecule has 0 spiro atoms. The topological polar surface area (TPSA) is 38.0 Å². The number of rotatable bonds is 5. The maximum atomic E-state index is 5.93. The molecule has 0 bridgehead atoms. The van der Waals surface area contributed by atoms with Gasteiger partial charge in [-0.2, -0.15) is 0 Å². The van der Waals surface area contributed by atoms with Gasteiger partial charge in [-0.25, -0.2) is 0 Å². The zero-order valence-corrected chi connectivity index (χ0v) is 10.6. The first-order chi connectivity index (χ1) is 8.24.